The fourth-order valence-electron chi connectivity index (χ4n) is 3.52. The molecule has 0 bridgehead atoms. The van der Waals surface area contributed by atoms with Gasteiger partial charge in [0.05, 0.1) is 10.7 Å². The highest BCUT2D eigenvalue weighted by Gasteiger charge is 2.16. The van der Waals surface area contributed by atoms with Gasteiger partial charge in [-0.3, -0.25) is 9.78 Å². The first-order valence-corrected chi connectivity index (χ1v) is 11.8. The lowest BCUT2D eigenvalue weighted by atomic mass is 9.96. The van der Waals surface area contributed by atoms with Crippen molar-refractivity contribution >= 4 is 35.0 Å². The fourth-order valence-corrected chi connectivity index (χ4v) is 4.17. The summed E-state index contributed by atoms with van der Waals surface area (Å²) in [5, 5.41) is 3.62. The summed E-state index contributed by atoms with van der Waals surface area (Å²) in [7, 11) is 0. The number of nitrogens with zero attached hydrogens (tertiary/aromatic N) is 1. The number of hydrogen-bond acceptors (Lipinski definition) is 3. The number of benzene rings is 3. The molecule has 1 aromatic heterocycles. The third-order valence-corrected chi connectivity index (χ3v) is 6.51. The molecule has 0 saturated carbocycles. The number of halogens is 1. The number of aromatic nitrogens is 1. The molecule has 3 aromatic carbocycles. The molecule has 1 heterocycles. The molecule has 0 fully saturated rings. The molecule has 0 aliphatic rings. The zero-order valence-electron chi connectivity index (χ0n) is 18.1. The highest BCUT2D eigenvalue weighted by Crippen LogP contribution is 2.32. The molecule has 5 heteroatoms. The zero-order chi connectivity index (χ0) is 22.7. The molecule has 0 spiro atoms. The van der Waals surface area contributed by atoms with Crippen LogP contribution in [0.2, 0.25) is 5.02 Å². The van der Waals surface area contributed by atoms with Crippen LogP contribution in [0.15, 0.2) is 83.9 Å². The molecule has 1 N–H and O–H groups in total. The molecule has 4 rings (SSSR count). The van der Waals surface area contributed by atoms with Crippen LogP contribution in [0.5, 0.6) is 0 Å². The van der Waals surface area contributed by atoms with Gasteiger partial charge in [-0.1, -0.05) is 35.9 Å². The number of carbonyl (C=O) groups excluding carboxylic acids is 1. The summed E-state index contributed by atoms with van der Waals surface area (Å²) in [5.41, 5.74) is 7.19. The van der Waals surface area contributed by atoms with Crippen molar-refractivity contribution in [1.29, 1.82) is 0 Å². The third kappa shape index (κ3) is 4.72. The third-order valence-electron chi connectivity index (χ3n) is 5.45. The first kappa shape index (κ1) is 22.1. The first-order chi connectivity index (χ1) is 15.5. The second-order valence-corrected chi connectivity index (χ2v) is 8.86. The maximum Gasteiger partial charge on any atom is 0.256 e. The summed E-state index contributed by atoms with van der Waals surface area (Å²) in [6.07, 6.45) is 3.76. The Morgan fingerprint density at radius 1 is 0.906 bits per heavy atom. The lowest BCUT2D eigenvalue weighted by Crippen LogP contribution is -2.13. The SMILES string of the molecule is CSc1ccc(C(=O)Nc2ccc(Cl)c(-c3ccccn3)c2)c(-c2ccc(C)c(C)c2)c1. The Labute approximate surface area is 197 Å². The largest absolute Gasteiger partial charge is 0.322 e. The van der Waals surface area contributed by atoms with E-state index in [0.717, 1.165) is 27.3 Å². The van der Waals surface area contributed by atoms with Crippen LogP contribution >= 0.6 is 23.4 Å². The standard InChI is InChI=1S/C27H23ClN2OS/c1-17-7-8-19(14-18(17)2)23-16-21(32-3)10-11-22(23)27(31)30-20-9-12-25(28)24(15-20)26-6-4-5-13-29-26/h4-16H,1-3H3,(H,30,31). The van der Waals surface area contributed by atoms with Gasteiger partial charge in [0.1, 0.15) is 0 Å². The second kappa shape index (κ2) is 9.60. The van der Waals surface area contributed by atoms with Crippen LogP contribution in [0, 0.1) is 13.8 Å². The number of anilines is 1. The van der Waals surface area contributed by atoms with E-state index in [0.29, 0.717) is 16.3 Å². The van der Waals surface area contributed by atoms with E-state index in [1.807, 2.05) is 42.7 Å². The van der Waals surface area contributed by atoms with E-state index in [1.54, 1.807) is 30.1 Å². The normalized spacial score (nSPS) is 10.8. The Bertz CT molecular complexity index is 1290. The summed E-state index contributed by atoms with van der Waals surface area (Å²) < 4.78 is 0. The number of carbonyl (C=O) groups is 1. The van der Waals surface area contributed by atoms with Gasteiger partial charge in [-0.15, -0.1) is 11.8 Å². The number of amides is 1. The van der Waals surface area contributed by atoms with Crippen molar-refractivity contribution < 1.29 is 4.79 Å². The smallest absolute Gasteiger partial charge is 0.256 e. The second-order valence-electron chi connectivity index (χ2n) is 7.57. The van der Waals surface area contributed by atoms with E-state index in [4.69, 9.17) is 11.6 Å². The average Bonchev–Trinajstić information content (AvgIpc) is 2.82. The Hall–Kier alpha value is -3.08. The quantitative estimate of drug-likeness (QED) is 0.312. The van der Waals surface area contributed by atoms with Gasteiger partial charge < -0.3 is 5.32 Å². The van der Waals surface area contributed by atoms with Crippen LogP contribution < -0.4 is 5.32 Å². The maximum absolute atomic E-state index is 13.3. The average molecular weight is 459 g/mol. The minimum atomic E-state index is -0.167. The van der Waals surface area contributed by atoms with Crippen LogP contribution in [0.1, 0.15) is 21.5 Å². The van der Waals surface area contributed by atoms with Crippen molar-refractivity contribution in [3.63, 3.8) is 0 Å². The first-order valence-electron chi connectivity index (χ1n) is 10.2. The lowest BCUT2D eigenvalue weighted by molar-refractivity contribution is 0.102. The van der Waals surface area contributed by atoms with Crippen LogP contribution in [-0.4, -0.2) is 17.1 Å². The van der Waals surface area contributed by atoms with Crippen LogP contribution in [0.4, 0.5) is 5.69 Å². The van der Waals surface area contributed by atoms with Crippen molar-refractivity contribution in [3.05, 3.63) is 101 Å². The molecular weight excluding hydrogens is 436 g/mol. The summed E-state index contributed by atoms with van der Waals surface area (Å²) in [4.78, 5) is 18.8. The van der Waals surface area contributed by atoms with E-state index < -0.39 is 0 Å². The molecular formula is C27H23ClN2OS. The van der Waals surface area contributed by atoms with Crippen molar-refractivity contribution in [1.82, 2.24) is 4.98 Å². The maximum atomic E-state index is 13.3. The van der Waals surface area contributed by atoms with E-state index in [1.165, 1.54) is 11.1 Å². The molecule has 0 radical (unpaired) electrons. The van der Waals surface area contributed by atoms with Crippen LogP contribution in [-0.2, 0) is 0 Å². The molecule has 0 saturated heterocycles. The minimum Gasteiger partial charge on any atom is -0.322 e. The topological polar surface area (TPSA) is 42.0 Å². The number of rotatable bonds is 5. The monoisotopic (exact) mass is 458 g/mol. The highest BCUT2D eigenvalue weighted by molar-refractivity contribution is 7.98. The van der Waals surface area contributed by atoms with Crippen molar-refractivity contribution in [3.8, 4) is 22.4 Å². The van der Waals surface area contributed by atoms with Crippen LogP contribution in [0.3, 0.4) is 0 Å². The number of thioether (sulfide) groups is 1. The number of nitrogens with one attached hydrogen (secondary N) is 1. The number of aryl methyl sites for hydroxylation is 2. The van der Waals surface area contributed by atoms with E-state index >= 15 is 0 Å². The molecule has 0 atom stereocenters. The number of hydrogen-bond donors (Lipinski definition) is 1. The lowest BCUT2D eigenvalue weighted by Gasteiger charge is -2.14. The Morgan fingerprint density at radius 3 is 2.47 bits per heavy atom. The van der Waals surface area contributed by atoms with Gasteiger partial charge in [0.15, 0.2) is 0 Å². The van der Waals surface area contributed by atoms with Gasteiger partial charge in [0.25, 0.3) is 5.91 Å². The predicted octanol–water partition coefficient (Wildman–Crippen LogP) is 7.66. The van der Waals surface area contributed by atoms with Gasteiger partial charge in [-0.25, -0.2) is 0 Å². The Balaban J connectivity index is 1.71. The van der Waals surface area contributed by atoms with Gasteiger partial charge in [-0.05, 0) is 90.9 Å². The van der Waals surface area contributed by atoms with Crippen LogP contribution in [0.25, 0.3) is 22.4 Å². The fraction of sp³-hybridized carbons (Fsp3) is 0.111. The van der Waals surface area contributed by atoms with Gasteiger partial charge >= 0.3 is 0 Å². The van der Waals surface area contributed by atoms with Crippen molar-refractivity contribution in [2.45, 2.75) is 18.7 Å². The highest BCUT2D eigenvalue weighted by atomic mass is 35.5. The van der Waals surface area contributed by atoms with E-state index in [9.17, 15) is 4.79 Å². The Morgan fingerprint density at radius 2 is 1.75 bits per heavy atom. The van der Waals surface area contributed by atoms with Crippen molar-refractivity contribution in [2.75, 3.05) is 11.6 Å². The van der Waals surface area contributed by atoms with Gasteiger partial charge in [0, 0.05) is 27.9 Å². The predicted molar refractivity (Wildman–Crippen MR) is 136 cm³/mol. The minimum absolute atomic E-state index is 0.167. The molecule has 4 aromatic rings. The summed E-state index contributed by atoms with van der Waals surface area (Å²) in [6, 6.07) is 23.3. The molecule has 160 valence electrons. The summed E-state index contributed by atoms with van der Waals surface area (Å²) >= 11 is 8.05. The summed E-state index contributed by atoms with van der Waals surface area (Å²) in [5.74, 6) is -0.167. The zero-order valence-corrected chi connectivity index (χ0v) is 19.7. The molecule has 1 amide bonds. The molecule has 3 nitrogen and oxygen atoms in total. The van der Waals surface area contributed by atoms with E-state index in [-0.39, 0.29) is 5.91 Å². The molecule has 0 aliphatic heterocycles. The molecule has 0 unspecified atom stereocenters. The molecule has 32 heavy (non-hydrogen) atoms. The van der Waals surface area contributed by atoms with Gasteiger partial charge in [0.2, 0.25) is 0 Å². The summed E-state index contributed by atoms with van der Waals surface area (Å²) in [6.45, 7) is 4.18. The molecule has 0 aliphatic carbocycles. The Kier molecular flexibility index (Phi) is 6.63. The number of pyridine rings is 1. The van der Waals surface area contributed by atoms with Crippen molar-refractivity contribution in [2.24, 2.45) is 0 Å². The van der Waals surface area contributed by atoms with E-state index in [2.05, 4.69) is 48.4 Å². The van der Waals surface area contributed by atoms with Gasteiger partial charge in [-0.2, -0.15) is 0 Å².